The van der Waals surface area contributed by atoms with Crippen LogP contribution >= 0.6 is 11.8 Å². The molecule has 1 aliphatic heterocycles. The third kappa shape index (κ3) is 4.48. The van der Waals surface area contributed by atoms with Crippen LogP contribution in [0, 0.1) is 0 Å². The van der Waals surface area contributed by atoms with Gasteiger partial charge in [-0.25, -0.2) is 0 Å². The van der Waals surface area contributed by atoms with E-state index in [0.29, 0.717) is 35.0 Å². The molecule has 148 valence electrons. The molecule has 3 rings (SSSR count). The maximum atomic E-state index is 13.0. The van der Waals surface area contributed by atoms with Gasteiger partial charge in [-0.2, -0.15) is 0 Å². The fourth-order valence-electron chi connectivity index (χ4n) is 2.80. The van der Waals surface area contributed by atoms with Crippen LogP contribution in [-0.2, 0) is 20.1 Å². The van der Waals surface area contributed by atoms with Gasteiger partial charge >= 0.3 is 0 Å². The number of furan rings is 1. The lowest BCUT2D eigenvalue weighted by Gasteiger charge is -2.14. The summed E-state index contributed by atoms with van der Waals surface area (Å²) in [5.41, 5.74) is 1.11. The summed E-state index contributed by atoms with van der Waals surface area (Å²) in [6, 6.07) is 10.9. The Balaban J connectivity index is 1.88. The molecule has 0 bridgehead atoms. The molecule has 2 heterocycles. The lowest BCUT2D eigenvalue weighted by atomic mass is 10.1. The van der Waals surface area contributed by atoms with Gasteiger partial charge in [0.05, 0.1) is 42.3 Å². The summed E-state index contributed by atoms with van der Waals surface area (Å²) in [6.45, 7) is 3.19. The van der Waals surface area contributed by atoms with E-state index in [1.54, 1.807) is 19.4 Å². The molecular weight excluding hydrogens is 378 g/mol. The fourth-order valence-corrected chi connectivity index (χ4v) is 3.84. The van der Waals surface area contributed by atoms with Crippen molar-refractivity contribution < 1.29 is 23.5 Å². The Morgan fingerprint density at radius 2 is 1.86 bits per heavy atom. The second-order valence-electron chi connectivity index (χ2n) is 6.20. The third-order valence-corrected chi connectivity index (χ3v) is 5.30. The maximum Gasteiger partial charge on any atom is 0.268 e. The number of carbonyl (C=O) groups excluding carboxylic acids is 2. The summed E-state index contributed by atoms with van der Waals surface area (Å²) in [7, 11) is 1.54. The summed E-state index contributed by atoms with van der Waals surface area (Å²) >= 11 is 1.31. The zero-order valence-corrected chi connectivity index (χ0v) is 16.8. The zero-order valence-electron chi connectivity index (χ0n) is 16.0. The summed E-state index contributed by atoms with van der Waals surface area (Å²) in [6.07, 6.45) is 2.51. The average Bonchev–Trinajstić information content (AvgIpc) is 3.30. The molecule has 0 unspecified atom stereocenters. The molecule has 1 aliphatic rings. The van der Waals surface area contributed by atoms with Gasteiger partial charge in [-0.1, -0.05) is 19.1 Å². The van der Waals surface area contributed by atoms with Crippen molar-refractivity contribution in [1.29, 1.82) is 0 Å². The predicted octanol–water partition coefficient (Wildman–Crippen LogP) is 3.73. The normalized spacial score (nSPS) is 14.3. The monoisotopic (exact) mass is 401 g/mol. The molecule has 0 saturated heterocycles. The van der Waals surface area contributed by atoms with Crippen LogP contribution in [0.15, 0.2) is 52.0 Å². The second kappa shape index (κ2) is 9.61. The average molecular weight is 401 g/mol. The lowest BCUT2D eigenvalue weighted by Crippen LogP contribution is -2.34. The van der Waals surface area contributed by atoms with Crippen LogP contribution in [0.25, 0.3) is 5.57 Å². The Kier molecular flexibility index (Phi) is 6.95. The van der Waals surface area contributed by atoms with E-state index in [1.807, 2.05) is 37.3 Å². The van der Waals surface area contributed by atoms with Crippen LogP contribution in [0.1, 0.15) is 24.7 Å². The zero-order chi connectivity index (χ0) is 19.9. The van der Waals surface area contributed by atoms with E-state index in [4.69, 9.17) is 13.9 Å². The fraction of sp³-hybridized carbons (Fsp3) is 0.333. The van der Waals surface area contributed by atoms with E-state index in [9.17, 15) is 9.59 Å². The smallest absolute Gasteiger partial charge is 0.268 e. The number of nitrogens with zero attached hydrogens (tertiary/aromatic N) is 1. The first kappa shape index (κ1) is 20.2. The molecule has 0 aliphatic carbocycles. The molecule has 7 heteroatoms. The number of ether oxygens (including phenoxy) is 2. The van der Waals surface area contributed by atoms with Crippen LogP contribution in [0.2, 0.25) is 0 Å². The minimum absolute atomic E-state index is 0.222. The maximum absolute atomic E-state index is 13.0. The molecule has 28 heavy (non-hydrogen) atoms. The molecule has 2 aromatic rings. The molecule has 0 saturated carbocycles. The number of amides is 2. The molecule has 1 aromatic heterocycles. The molecular formula is C21H23NO5S. The van der Waals surface area contributed by atoms with Gasteiger partial charge < -0.3 is 13.9 Å². The number of thioether (sulfide) groups is 1. The van der Waals surface area contributed by atoms with Crippen LogP contribution in [0.3, 0.4) is 0 Å². The molecule has 0 fully saturated rings. The predicted molar refractivity (Wildman–Crippen MR) is 108 cm³/mol. The summed E-state index contributed by atoms with van der Waals surface area (Å²) in [5, 5.41) is 0. The van der Waals surface area contributed by atoms with Crippen molar-refractivity contribution in [3.05, 3.63) is 58.9 Å². The SMILES string of the molecule is CCCOc1ccc(C2=C(SCc3ccco3)C(=O)N(CCOC)C2=O)cc1. The summed E-state index contributed by atoms with van der Waals surface area (Å²) in [5.74, 6) is 1.37. The van der Waals surface area contributed by atoms with E-state index in [-0.39, 0.29) is 18.4 Å². The van der Waals surface area contributed by atoms with Crippen LogP contribution < -0.4 is 4.74 Å². The van der Waals surface area contributed by atoms with Gasteiger partial charge in [0, 0.05) is 7.11 Å². The molecule has 1 aromatic carbocycles. The van der Waals surface area contributed by atoms with E-state index in [1.165, 1.54) is 16.7 Å². The van der Waals surface area contributed by atoms with Gasteiger partial charge in [-0.05, 0) is 36.2 Å². The molecule has 0 spiro atoms. The van der Waals surface area contributed by atoms with E-state index >= 15 is 0 Å². The highest BCUT2D eigenvalue weighted by molar-refractivity contribution is 8.03. The number of hydrogen-bond acceptors (Lipinski definition) is 6. The van der Waals surface area contributed by atoms with Crippen LogP contribution in [0.4, 0.5) is 0 Å². The topological polar surface area (TPSA) is 69.0 Å². The number of rotatable bonds is 10. The van der Waals surface area contributed by atoms with Gasteiger partial charge in [-0.3, -0.25) is 14.5 Å². The van der Waals surface area contributed by atoms with Crippen molar-refractivity contribution in [2.24, 2.45) is 0 Å². The van der Waals surface area contributed by atoms with E-state index in [2.05, 4.69) is 0 Å². The highest BCUT2D eigenvalue weighted by Gasteiger charge is 2.38. The van der Waals surface area contributed by atoms with Crippen molar-refractivity contribution in [1.82, 2.24) is 4.90 Å². The quantitative estimate of drug-likeness (QED) is 0.565. The largest absolute Gasteiger partial charge is 0.494 e. The van der Waals surface area contributed by atoms with Crippen LogP contribution in [-0.4, -0.2) is 43.6 Å². The van der Waals surface area contributed by atoms with Gasteiger partial charge in [0.1, 0.15) is 11.5 Å². The minimum atomic E-state index is -0.300. The Bertz CT molecular complexity index is 842. The van der Waals surface area contributed by atoms with Crippen LogP contribution in [0.5, 0.6) is 5.75 Å². The number of imide groups is 1. The number of hydrogen-bond donors (Lipinski definition) is 0. The number of methoxy groups -OCH3 is 1. The Labute approximate surface area is 168 Å². The lowest BCUT2D eigenvalue weighted by molar-refractivity contribution is -0.137. The molecule has 2 amide bonds. The standard InChI is InChI=1S/C21H23NO5S/c1-3-11-26-16-8-6-15(7-9-16)18-19(28-14-17-5-4-12-27-17)21(24)22(20(18)23)10-13-25-2/h4-9,12H,3,10-11,13-14H2,1-2H3. The Morgan fingerprint density at radius 3 is 2.50 bits per heavy atom. The van der Waals surface area contributed by atoms with Crippen molar-refractivity contribution in [2.75, 3.05) is 26.9 Å². The summed E-state index contributed by atoms with van der Waals surface area (Å²) in [4.78, 5) is 27.5. The van der Waals surface area contributed by atoms with E-state index in [0.717, 1.165) is 17.9 Å². The highest BCUT2D eigenvalue weighted by Crippen LogP contribution is 2.37. The first-order valence-corrected chi connectivity index (χ1v) is 10.1. The molecule has 0 atom stereocenters. The molecule has 6 nitrogen and oxygen atoms in total. The first-order chi connectivity index (χ1) is 13.7. The van der Waals surface area contributed by atoms with Crippen molar-refractivity contribution in [2.45, 2.75) is 19.1 Å². The van der Waals surface area contributed by atoms with Crippen molar-refractivity contribution in [3.63, 3.8) is 0 Å². The Hall–Kier alpha value is -2.51. The van der Waals surface area contributed by atoms with Gasteiger partial charge in [0.25, 0.3) is 11.8 Å². The third-order valence-electron chi connectivity index (χ3n) is 4.20. The summed E-state index contributed by atoms with van der Waals surface area (Å²) < 4.78 is 16.0. The van der Waals surface area contributed by atoms with Gasteiger partial charge in [0.2, 0.25) is 0 Å². The van der Waals surface area contributed by atoms with Crippen molar-refractivity contribution in [3.8, 4) is 5.75 Å². The highest BCUT2D eigenvalue weighted by atomic mass is 32.2. The number of carbonyl (C=O) groups is 2. The molecule has 0 N–H and O–H groups in total. The Morgan fingerprint density at radius 1 is 1.07 bits per heavy atom. The number of benzene rings is 1. The van der Waals surface area contributed by atoms with Gasteiger partial charge in [0.15, 0.2) is 0 Å². The minimum Gasteiger partial charge on any atom is -0.494 e. The van der Waals surface area contributed by atoms with E-state index < -0.39 is 0 Å². The second-order valence-corrected chi connectivity index (χ2v) is 7.19. The first-order valence-electron chi connectivity index (χ1n) is 9.13. The molecule has 0 radical (unpaired) electrons. The van der Waals surface area contributed by atoms with Crippen molar-refractivity contribution >= 4 is 29.1 Å². The van der Waals surface area contributed by atoms with Gasteiger partial charge in [-0.15, -0.1) is 11.8 Å².